The fourth-order valence-corrected chi connectivity index (χ4v) is 2.28. The van der Waals surface area contributed by atoms with Gasteiger partial charge in [0.05, 0.1) is 5.69 Å². The van der Waals surface area contributed by atoms with E-state index in [4.69, 9.17) is 22.5 Å². The minimum Gasteiger partial charge on any atom is -0.410 e. The molecule has 1 heterocycles. The molecule has 0 bridgehead atoms. The summed E-state index contributed by atoms with van der Waals surface area (Å²) in [6.45, 7) is 0. The van der Waals surface area contributed by atoms with E-state index in [0.29, 0.717) is 10.7 Å². The van der Waals surface area contributed by atoms with E-state index in [-0.39, 0.29) is 10.7 Å². The summed E-state index contributed by atoms with van der Waals surface area (Å²) in [6.07, 6.45) is 0. The number of carbonyl (C=O) groups is 1. The summed E-state index contributed by atoms with van der Waals surface area (Å²) in [6, 6.07) is 7.10. The van der Waals surface area contributed by atoms with Gasteiger partial charge in [-0.2, -0.15) is 0 Å². The second kappa shape index (κ2) is 5.16. The van der Waals surface area contributed by atoms with Gasteiger partial charge < -0.3 is 10.9 Å². The highest BCUT2D eigenvalue weighted by Crippen LogP contribution is 2.23. The van der Waals surface area contributed by atoms with Crippen LogP contribution in [0.15, 0.2) is 34.8 Å². The first-order chi connectivity index (χ1) is 8.61. The van der Waals surface area contributed by atoms with Crippen molar-refractivity contribution in [2.45, 2.75) is 0 Å². The lowest BCUT2D eigenvalue weighted by Crippen LogP contribution is -2.24. The van der Waals surface area contributed by atoms with Crippen molar-refractivity contribution in [1.82, 2.24) is 4.98 Å². The summed E-state index contributed by atoms with van der Waals surface area (Å²) in [5.74, 6) is -0.825. The topological polar surface area (TPSA) is 88.6 Å². The van der Waals surface area contributed by atoms with Crippen LogP contribution in [-0.4, -0.2) is 21.8 Å². The van der Waals surface area contributed by atoms with Crippen LogP contribution in [0.4, 0.5) is 0 Å². The summed E-state index contributed by atoms with van der Waals surface area (Å²) in [5.41, 5.74) is 6.33. The van der Waals surface area contributed by atoms with Gasteiger partial charge in [0.2, 0.25) is 5.71 Å². The van der Waals surface area contributed by atoms with Crippen molar-refractivity contribution in [2.24, 2.45) is 10.9 Å². The fraction of sp³-hybridized carbons (Fsp3) is 0. The molecule has 18 heavy (non-hydrogen) atoms. The van der Waals surface area contributed by atoms with E-state index < -0.39 is 5.91 Å². The van der Waals surface area contributed by atoms with Crippen molar-refractivity contribution in [3.05, 3.63) is 39.7 Å². The highest BCUT2D eigenvalue weighted by molar-refractivity contribution is 7.13. The summed E-state index contributed by atoms with van der Waals surface area (Å²) in [5, 5.41) is 14.2. The quantitative estimate of drug-likeness (QED) is 0.513. The highest BCUT2D eigenvalue weighted by Gasteiger charge is 2.16. The maximum atomic E-state index is 11.0. The van der Waals surface area contributed by atoms with Gasteiger partial charge >= 0.3 is 0 Å². The summed E-state index contributed by atoms with van der Waals surface area (Å²) in [7, 11) is 0. The first-order valence-electron chi connectivity index (χ1n) is 4.85. The molecule has 7 heteroatoms. The maximum Gasteiger partial charge on any atom is 0.273 e. The van der Waals surface area contributed by atoms with Gasteiger partial charge in [-0.15, -0.1) is 11.3 Å². The van der Waals surface area contributed by atoms with Crippen molar-refractivity contribution in [3.8, 4) is 11.3 Å². The van der Waals surface area contributed by atoms with E-state index in [0.717, 1.165) is 5.56 Å². The van der Waals surface area contributed by atoms with Gasteiger partial charge in [0.25, 0.3) is 5.91 Å². The average molecular weight is 282 g/mol. The number of primary amides is 1. The first kappa shape index (κ1) is 12.5. The van der Waals surface area contributed by atoms with E-state index >= 15 is 0 Å². The SMILES string of the molecule is NC(=O)/C(=N/O)c1nc(-c2ccc(Cl)cc2)cs1. The van der Waals surface area contributed by atoms with Crippen LogP contribution in [0.2, 0.25) is 5.02 Å². The number of nitrogens with zero attached hydrogens (tertiary/aromatic N) is 2. The van der Waals surface area contributed by atoms with Crippen molar-refractivity contribution >= 4 is 34.6 Å². The molecule has 3 N–H and O–H groups in total. The van der Waals surface area contributed by atoms with Gasteiger partial charge in [-0.05, 0) is 12.1 Å². The Kier molecular flexibility index (Phi) is 3.59. The molecule has 0 saturated carbocycles. The molecule has 0 aliphatic rings. The van der Waals surface area contributed by atoms with E-state index in [2.05, 4.69) is 10.1 Å². The predicted molar refractivity (Wildman–Crippen MR) is 70.1 cm³/mol. The summed E-state index contributed by atoms with van der Waals surface area (Å²) in [4.78, 5) is 15.2. The lowest BCUT2D eigenvalue weighted by Gasteiger charge is -1.96. The lowest BCUT2D eigenvalue weighted by molar-refractivity contribution is -0.112. The monoisotopic (exact) mass is 281 g/mol. The number of hydrogen-bond acceptors (Lipinski definition) is 5. The molecule has 0 fully saturated rings. The van der Waals surface area contributed by atoms with E-state index in [9.17, 15) is 4.79 Å². The molecule has 0 atom stereocenters. The number of benzene rings is 1. The van der Waals surface area contributed by atoms with Crippen molar-refractivity contribution in [1.29, 1.82) is 0 Å². The minimum absolute atomic E-state index is 0.250. The molecule has 2 rings (SSSR count). The molecule has 92 valence electrons. The Morgan fingerprint density at radius 3 is 2.61 bits per heavy atom. The minimum atomic E-state index is -0.825. The van der Waals surface area contributed by atoms with Gasteiger partial charge in [-0.25, -0.2) is 4.98 Å². The van der Waals surface area contributed by atoms with Crippen LogP contribution in [-0.2, 0) is 4.79 Å². The van der Waals surface area contributed by atoms with Gasteiger partial charge in [0, 0.05) is 16.0 Å². The van der Waals surface area contributed by atoms with Gasteiger partial charge in [-0.1, -0.05) is 28.9 Å². The second-order valence-electron chi connectivity index (χ2n) is 3.36. The molecule has 1 aromatic heterocycles. The molecule has 5 nitrogen and oxygen atoms in total. The molecule has 1 aromatic carbocycles. The molecular formula is C11H8ClN3O2S. The van der Waals surface area contributed by atoms with Crippen LogP contribution in [0.3, 0.4) is 0 Å². The highest BCUT2D eigenvalue weighted by atomic mass is 35.5. The third-order valence-corrected chi connectivity index (χ3v) is 3.28. The number of thiazole rings is 1. The first-order valence-corrected chi connectivity index (χ1v) is 6.11. The van der Waals surface area contributed by atoms with Crippen LogP contribution >= 0.6 is 22.9 Å². The number of rotatable bonds is 3. The number of amides is 1. The number of hydrogen-bond donors (Lipinski definition) is 2. The maximum absolute atomic E-state index is 11.0. The molecule has 2 aromatic rings. The van der Waals surface area contributed by atoms with Crippen LogP contribution in [0.25, 0.3) is 11.3 Å². The van der Waals surface area contributed by atoms with Gasteiger partial charge in [0.1, 0.15) is 0 Å². The van der Waals surface area contributed by atoms with Crippen LogP contribution in [0.1, 0.15) is 5.01 Å². The lowest BCUT2D eigenvalue weighted by atomic mass is 10.2. The molecule has 0 aliphatic heterocycles. The largest absolute Gasteiger partial charge is 0.410 e. The Morgan fingerprint density at radius 1 is 1.39 bits per heavy atom. The summed E-state index contributed by atoms with van der Waals surface area (Å²) >= 11 is 6.96. The molecule has 1 amide bonds. The molecule has 0 aliphatic carbocycles. The predicted octanol–water partition coefficient (Wildman–Crippen LogP) is 2.13. The molecular weight excluding hydrogens is 274 g/mol. The van der Waals surface area contributed by atoms with Crippen LogP contribution in [0, 0.1) is 0 Å². The Hall–Kier alpha value is -1.92. The zero-order chi connectivity index (χ0) is 13.1. The number of carbonyl (C=O) groups excluding carboxylic acids is 1. The van der Waals surface area contributed by atoms with Gasteiger partial charge in [-0.3, -0.25) is 4.79 Å². The third kappa shape index (κ3) is 2.49. The smallest absolute Gasteiger partial charge is 0.273 e. The van der Waals surface area contributed by atoms with E-state index in [1.807, 2.05) is 0 Å². The molecule has 0 unspecified atom stereocenters. The third-order valence-electron chi connectivity index (χ3n) is 2.18. The summed E-state index contributed by atoms with van der Waals surface area (Å²) < 4.78 is 0. The number of halogens is 1. The average Bonchev–Trinajstić information content (AvgIpc) is 2.80. The van der Waals surface area contributed by atoms with Gasteiger partial charge in [0.15, 0.2) is 5.01 Å². The Bertz CT molecular complexity index is 607. The Labute approximate surface area is 112 Å². The number of aromatic nitrogens is 1. The Morgan fingerprint density at radius 2 is 2.06 bits per heavy atom. The molecule has 0 saturated heterocycles. The molecule has 0 radical (unpaired) electrons. The van der Waals surface area contributed by atoms with E-state index in [1.54, 1.807) is 29.6 Å². The normalized spacial score (nSPS) is 11.5. The number of oxime groups is 1. The fourth-order valence-electron chi connectivity index (χ4n) is 1.33. The van der Waals surface area contributed by atoms with Crippen LogP contribution in [0.5, 0.6) is 0 Å². The van der Waals surface area contributed by atoms with E-state index in [1.165, 1.54) is 11.3 Å². The van der Waals surface area contributed by atoms with Crippen molar-refractivity contribution in [2.75, 3.05) is 0 Å². The standard InChI is InChI=1S/C11H8ClN3O2S/c12-7-3-1-6(2-4-7)8-5-18-11(14-8)9(15-17)10(13)16/h1-5,17H,(H2,13,16)/b15-9-. The zero-order valence-corrected chi connectivity index (χ0v) is 10.6. The van der Waals surface area contributed by atoms with Crippen LogP contribution < -0.4 is 5.73 Å². The second-order valence-corrected chi connectivity index (χ2v) is 4.65. The van der Waals surface area contributed by atoms with Crippen molar-refractivity contribution in [3.63, 3.8) is 0 Å². The number of nitrogens with two attached hydrogens (primary N) is 1. The zero-order valence-electron chi connectivity index (χ0n) is 9.00. The Balaban J connectivity index is 2.36. The van der Waals surface area contributed by atoms with Crippen molar-refractivity contribution < 1.29 is 10.0 Å². The molecule has 0 spiro atoms.